The molecule has 0 radical (unpaired) electrons. The Bertz CT molecular complexity index is 219. The summed E-state index contributed by atoms with van der Waals surface area (Å²) in [7, 11) is 0. The molecule has 0 fully saturated rings. The molecule has 0 aliphatic rings. The second kappa shape index (κ2) is 15.0. The number of unbranched alkanes of at least 4 members (excludes halogenated alkanes) is 7. The van der Waals surface area contributed by atoms with Crippen molar-refractivity contribution < 1.29 is 49.0 Å². The van der Waals surface area contributed by atoms with Gasteiger partial charge in [-0.15, -0.1) is 0 Å². The SMILES string of the molecule is CCCCCCCCCCOC(=O)CC(=O)[O-].[Na+]. The normalized spacial score (nSPS) is 9.61. The van der Waals surface area contributed by atoms with Gasteiger partial charge in [-0.3, -0.25) is 4.79 Å². The smallest absolute Gasteiger partial charge is 0.550 e. The van der Waals surface area contributed by atoms with Crippen molar-refractivity contribution in [1.82, 2.24) is 0 Å². The predicted molar refractivity (Wildman–Crippen MR) is 63.2 cm³/mol. The van der Waals surface area contributed by atoms with Gasteiger partial charge in [0.25, 0.3) is 0 Å². The summed E-state index contributed by atoms with van der Waals surface area (Å²) in [4.78, 5) is 20.9. The van der Waals surface area contributed by atoms with Gasteiger partial charge in [-0.25, -0.2) is 0 Å². The van der Waals surface area contributed by atoms with Crippen LogP contribution in [0.15, 0.2) is 0 Å². The van der Waals surface area contributed by atoms with Gasteiger partial charge in [0, 0.05) is 0 Å². The summed E-state index contributed by atoms with van der Waals surface area (Å²) in [6.45, 7) is 2.52. The van der Waals surface area contributed by atoms with E-state index in [4.69, 9.17) is 4.74 Å². The van der Waals surface area contributed by atoms with E-state index in [1.165, 1.54) is 32.1 Å². The molecule has 0 heterocycles. The molecule has 0 rings (SSSR count). The van der Waals surface area contributed by atoms with Crippen LogP contribution in [0.3, 0.4) is 0 Å². The number of hydrogen-bond acceptors (Lipinski definition) is 4. The topological polar surface area (TPSA) is 66.4 Å². The third-order valence-electron chi connectivity index (χ3n) is 2.55. The van der Waals surface area contributed by atoms with Crippen LogP contribution in [-0.2, 0) is 14.3 Å². The first-order valence-electron chi connectivity index (χ1n) is 6.52. The number of carboxylic acid groups (broad SMARTS) is 1. The van der Waals surface area contributed by atoms with Crippen LogP contribution in [0.2, 0.25) is 0 Å². The summed E-state index contributed by atoms with van der Waals surface area (Å²) in [6.07, 6.45) is 8.73. The number of esters is 1. The quantitative estimate of drug-likeness (QED) is 0.204. The fourth-order valence-electron chi connectivity index (χ4n) is 1.59. The van der Waals surface area contributed by atoms with Gasteiger partial charge in [-0.2, -0.15) is 0 Å². The number of carbonyl (C=O) groups is 2. The Kier molecular flexibility index (Phi) is 16.9. The van der Waals surface area contributed by atoms with E-state index in [0.717, 1.165) is 19.3 Å². The molecule has 0 atom stereocenters. The Hall–Kier alpha value is -0.0600. The van der Waals surface area contributed by atoms with Crippen molar-refractivity contribution in [1.29, 1.82) is 0 Å². The average molecular weight is 266 g/mol. The Labute approximate surface area is 132 Å². The van der Waals surface area contributed by atoms with Gasteiger partial charge in [0.15, 0.2) is 0 Å². The van der Waals surface area contributed by atoms with Crippen molar-refractivity contribution in [3.8, 4) is 0 Å². The Morgan fingerprint density at radius 2 is 1.44 bits per heavy atom. The number of hydrogen-bond donors (Lipinski definition) is 0. The predicted octanol–water partition coefficient (Wildman–Crippen LogP) is -1.19. The minimum Gasteiger partial charge on any atom is -0.550 e. The molecular weight excluding hydrogens is 243 g/mol. The zero-order chi connectivity index (χ0) is 12.9. The molecule has 5 heteroatoms. The first kappa shape index (κ1) is 20.3. The molecule has 0 aromatic rings. The molecule has 4 nitrogen and oxygen atoms in total. The largest absolute Gasteiger partial charge is 1.00 e. The molecule has 0 aromatic carbocycles. The summed E-state index contributed by atoms with van der Waals surface area (Å²) < 4.78 is 4.74. The average Bonchev–Trinajstić information content (AvgIpc) is 2.26. The van der Waals surface area contributed by atoms with Gasteiger partial charge in [0.1, 0.15) is 0 Å². The minimum atomic E-state index is -1.38. The summed E-state index contributed by atoms with van der Waals surface area (Å²) in [5.41, 5.74) is 0. The Balaban J connectivity index is 0. The molecule has 0 N–H and O–H groups in total. The van der Waals surface area contributed by atoms with E-state index in [-0.39, 0.29) is 29.6 Å². The van der Waals surface area contributed by atoms with E-state index in [0.29, 0.717) is 6.61 Å². The van der Waals surface area contributed by atoms with Crippen LogP contribution in [0.1, 0.15) is 64.7 Å². The van der Waals surface area contributed by atoms with Crippen molar-refractivity contribution in [3.63, 3.8) is 0 Å². The first-order chi connectivity index (χ1) is 8.16. The zero-order valence-electron chi connectivity index (χ0n) is 11.7. The number of carbonyl (C=O) groups excluding carboxylic acids is 2. The van der Waals surface area contributed by atoms with Crippen molar-refractivity contribution in [2.75, 3.05) is 6.61 Å². The number of ether oxygens (including phenoxy) is 1. The Morgan fingerprint density at radius 3 is 1.94 bits per heavy atom. The van der Waals surface area contributed by atoms with Gasteiger partial charge in [0.05, 0.1) is 19.0 Å². The van der Waals surface area contributed by atoms with E-state index in [9.17, 15) is 14.7 Å². The van der Waals surface area contributed by atoms with Crippen LogP contribution in [0.25, 0.3) is 0 Å². The van der Waals surface area contributed by atoms with Crippen molar-refractivity contribution >= 4 is 11.9 Å². The molecule has 0 aliphatic carbocycles. The second-order valence-corrected chi connectivity index (χ2v) is 4.24. The van der Waals surface area contributed by atoms with Crippen LogP contribution in [-0.4, -0.2) is 18.5 Å². The molecule has 0 spiro atoms. The van der Waals surface area contributed by atoms with E-state index in [2.05, 4.69) is 6.92 Å². The van der Waals surface area contributed by atoms with E-state index in [1.807, 2.05) is 0 Å². The maximum absolute atomic E-state index is 10.8. The third kappa shape index (κ3) is 15.9. The van der Waals surface area contributed by atoms with Gasteiger partial charge >= 0.3 is 35.5 Å². The summed E-state index contributed by atoms with van der Waals surface area (Å²) in [6, 6.07) is 0. The maximum atomic E-state index is 10.8. The van der Waals surface area contributed by atoms with Crippen LogP contribution < -0.4 is 34.7 Å². The monoisotopic (exact) mass is 266 g/mol. The van der Waals surface area contributed by atoms with Gasteiger partial charge in [-0.1, -0.05) is 51.9 Å². The molecule has 0 aliphatic heterocycles. The molecule has 100 valence electrons. The van der Waals surface area contributed by atoms with Gasteiger partial charge in [0.2, 0.25) is 0 Å². The first-order valence-corrected chi connectivity index (χ1v) is 6.52. The molecular formula is C13H23NaO4. The standard InChI is InChI=1S/C13H24O4.Na/c1-2-3-4-5-6-7-8-9-10-17-13(16)11-12(14)15;/h2-11H2,1H3,(H,14,15);/q;+1/p-1. The Morgan fingerprint density at radius 1 is 0.944 bits per heavy atom. The molecule has 0 bridgehead atoms. The second-order valence-electron chi connectivity index (χ2n) is 4.24. The van der Waals surface area contributed by atoms with Crippen LogP contribution in [0.5, 0.6) is 0 Å². The van der Waals surface area contributed by atoms with Crippen LogP contribution in [0, 0.1) is 0 Å². The van der Waals surface area contributed by atoms with Crippen LogP contribution in [0.4, 0.5) is 0 Å². The van der Waals surface area contributed by atoms with Crippen LogP contribution >= 0.6 is 0 Å². The number of carboxylic acids is 1. The molecule has 0 saturated heterocycles. The summed E-state index contributed by atoms with van der Waals surface area (Å²) in [5.74, 6) is -2.08. The van der Waals surface area contributed by atoms with Crippen molar-refractivity contribution in [3.05, 3.63) is 0 Å². The zero-order valence-corrected chi connectivity index (χ0v) is 13.7. The molecule has 0 aromatic heterocycles. The minimum absolute atomic E-state index is 0. The molecule has 0 saturated carbocycles. The number of aliphatic carboxylic acids is 1. The van der Waals surface area contributed by atoms with Gasteiger partial charge in [-0.05, 0) is 6.42 Å². The van der Waals surface area contributed by atoms with E-state index < -0.39 is 18.4 Å². The summed E-state index contributed by atoms with van der Waals surface area (Å²) in [5, 5.41) is 10.1. The van der Waals surface area contributed by atoms with Crippen molar-refractivity contribution in [2.24, 2.45) is 0 Å². The van der Waals surface area contributed by atoms with Gasteiger partial charge < -0.3 is 14.6 Å². The van der Waals surface area contributed by atoms with E-state index >= 15 is 0 Å². The van der Waals surface area contributed by atoms with E-state index in [1.54, 1.807) is 0 Å². The molecule has 0 amide bonds. The maximum Gasteiger partial charge on any atom is 1.00 e. The molecule has 0 unspecified atom stereocenters. The number of rotatable bonds is 11. The van der Waals surface area contributed by atoms with Crippen molar-refractivity contribution in [2.45, 2.75) is 64.7 Å². The fourth-order valence-corrected chi connectivity index (χ4v) is 1.59. The third-order valence-corrected chi connectivity index (χ3v) is 2.55. The summed E-state index contributed by atoms with van der Waals surface area (Å²) >= 11 is 0. The molecule has 18 heavy (non-hydrogen) atoms. The fraction of sp³-hybridized carbons (Fsp3) is 0.846.